The maximum atomic E-state index is 12.1. The third-order valence-electron chi connectivity index (χ3n) is 3.97. The SMILES string of the molecule is CCC1CN(C(=O)OCc2ccccc2)CC1C(=O)CBr. The lowest BCUT2D eigenvalue weighted by Crippen LogP contribution is -2.30. The van der Waals surface area contributed by atoms with Gasteiger partial charge in [0.1, 0.15) is 12.4 Å². The summed E-state index contributed by atoms with van der Waals surface area (Å²) >= 11 is 3.22. The molecule has 5 heteroatoms. The van der Waals surface area contributed by atoms with E-state index in [1.54, 1.807) is 4.90 Å². The second-order valence-corrected chi connectivity index (χ2v) is 5.88. The Hall–Kier alpha value is -1.36. The Morgan fingerprint density at radius 3 is 2.62 bits per heavy atom. The minimum atomic E-state index is -0.331. The normalized spacial score (nSPS) is 21.3. The Labute approximate surface area is 133 Å². The zero-order chi connectivity index (χ0) is 15.2. The van der Waals surface area contributed by atoms with Gasteiger partial charge in [0.15, 0.2) is 0 Å². The number of nitrogens with zero attached hydrogens (tertiary/aromatic N) is 1. The predicted molar refractivity (Wildman–Crippen MR) is 84.3 cm³/mol. The molecule has 0 N–H and O–H groups in total. The zero-order valence-electron chi connectivity index (χ0n) is 12.1. The van der Waals surface area contributed by atoms with E-state index in [9.17, 15) is 9.59 Å². The number of hydrogen-bond donors (Lipinski definition) is 0. The molecule has 0 spiro atoms. The third-order valence-corrected chi connectivity index (χ3v) is 4.53. The number of amides is 1. The summed E-state index contributed by atoms with van der Waals surface area (Å²) in [4.78, 5) is 25.7. The summed E-state index contributed by atoms with van der Waals surface area (Å²) in [6.07, 6.45) is 0.563. The van der Waals surface area contributed by atoms with Gasteiger partial charge in [-0.25, -0.2) is 4.79 Å². The molecule has 0 radical (unpaired) electrons. The van der Waals surface area contributed by atoms with E-state index >= 15 is 0 Å². The van der Waals surface area contributed by atoms with Crippen LogP contribution in [0.3, 0.4) is 0 Å². The van der Waals surface area contributed by atoms with Crippen LogP contribution in [-0.2, 0) is 16.1 Å². The standard InChI is InChI=1S/C16H20BrNO3/c1-2-13-9-18(10-14(13)15(19)8-17)16(20)21-11-12-6-4-3-5-7-12/h3-7,13-14H,2,8-11H2,1H3. The van der Waals surface area contributed by atoms with Crippen LogP contribution in [0.5, 0.6) is 0 Å². The summed E-state index contributed by atoms with van der Waals surface area (Å²) in [6.45, 7) is 3.39. The maximum absolute atomic E-state index is 12.1. The van der Waals surface area contributed by atoms with Crippen molar-refractivity contribution in [3.05, 3.63) is 35.9 Å². The Balaban J connectivity index is 1.90. The van der Waals surface area contributed by atoms with Crippen LogP contribution < -0.4 is 0 Å². The second-order valence-electron chi connectivity index (χ2n) is 5.32. The predicted octanol–water partition coefficient (Wildman–Crippen LogP) is 3.25. The van der Waals surface area contributed by atoms with Crippen molar-refractivity contribution in [2.45, 2.75) is 20.0 Å². The number of Topliss-reactive ketones (excluding diaryl/α,β-unsaturated/α-hetero) is 1. The molecular formula is C16H20BrNO3. The molecule has 1 fully saturated rings. The second kappa shape index (κ2) is 7.59. The topological polar surface area (TPSA) is 46.6 Å². The summed E-state index contributed by atoms with van der Waals surface area (Å²) < 4.78 is 5.33. The molecule has 2 atom stereocenters. The highest BCUT2D eigenvalue weighted by atomic mass is 79.9. The van der Waals surface area contributed by atoms with Crippen molar-refractivity contribution in [2.24, 2.45) is 11.8 Å². The van der Waals surface area contributed by atoms with E-state index in [1.165, 1.54) is 0 Å². The van der Waals surface area contributed by atoms with E-state index < -0.39 is 0 Å². The minimum Gasteiger partial charge on any atom is -0.445 e. The Morgan fingerprint density at radius 1 is 1.29 bits per heavy atom. The number of carbonyl (C=O) groups is 2. The average Bonchev–Trinajstić information content (AvgIpc) is 2.97. The number of benzene rings is 1. The fraction of sp³-hybridized carbons (Fsp3) is 0.500. The molecule has 1 saturated heterocycles. The van der Waals surface area contributed by atoms with Crippen LogP contribution in [0, 0.1) is 11.8 Å². The van der Waals surface area contributed by atoms with Gasteiger partial charge in [-0.05, 0) is 11.5 Å². The number of likely N-dealkylation sites (tertiary alicyclic amines) is 1. The first kappa shape index (κ1) is 16.0. The van der Waals surface area contributed by atoms with Crippen LogP contribution in [0.1, 0.15) is 18.9 Å². The number of rotatable bonds is 5. The van der Waals surface area contributed by atoms with E-state index in [-0.39, 0.29) is 30.3 Å². The highest BCUT2D eigenvalue weighted by Gasteiger charge is 2.38. The summed E-state index contributed by atoms with van der Waals surface area (Å²) in [5, 5.41) is 0.348. The highest BCUT2D eigenvalue weighted by Crippen LogP contribution is 2.28. The molecule has 1 aliphatic heterocycles. The Morgan fingerprint density at radius 2 is 2.00 bits per heavy atom. The van der Waals surface area contributed by atoms with Crippen LogP contribution in [-0.4, -0.2) is 35.2 Å². The monoisotopic (exact) mass is 353 g/mol. The van der Waals surface area contributed by atoms with Crippen LogP contribution in [0.2, 0.25) is 0 Å². The van der Waals surface area contributed by atoms with E-state index in [1.807, 2.05) is 30.3 Å². The van der Waals surface area contributed by atoms with Crippen LogP contribution in [0.4, 0.5) is 4.79 Å². The molecule has 1 heterocycles. The van der Waals surface area contributed by atoms with Gasteiger partial charge in [-0.1, -0.05) is 59.6 Å². The fourth-order valence-corrected chi connectivity index (χ4v) is 3.12. The number of alkyl halides is 1. The van der Waals surface area contributed by atoms with Crippen LogP contribution in [0.15, 0.2) is 30.3 Å². The minimum absolute atomic E-state index is 0.0707. The van der Waals surface area contributed by atoms with Gasteiger partial charge in [-0.15, -0.1) is 0 Å². The van der Waals surface area contributed by atoms with Crippen molar-refractivity contribution in [2.75, 3.05) is 18.4 Å². The van der Waals surface area contributed by atoms with E-state index in [0.717, 1.165) is 12.0 Å². The number of hydrogen-bond acceptors (Lipinski definition) is 3. The van der Waals surface area contributed by atoms with Gasteiger partial charge in [-0.2, -0.15) is 0 Å². The largest absolute Gasteiger partial charge is 0.445 e. The van der Waals surface area contributed by atoms with Crippen molar-refractivity contribution in [3.63, 3.8) is 0 Å². The van der Waals surface area contributed by atoms with Gasteiger partial charge in [0.25, 0.3) is 0 Å². The molecule has 4 nitrogen and oxygen atoms in total. The molecule has 1 amide bonds. The van der Waals surface area contributed by atoms with Gasteiger partial charge < -0.3 is 9.64 Å². The number of halogens is 1. The van der Waals surface area contributed by atoms with Crippen molar-refractivity contribution in [3.8, 4) is 0 Å². The molecule has 2 unspecified atom stereocenters. The number of ether oxygens (including phenoxy) is 1. The van der Waals surface area contributed by atoms with Gasteiger partial charge in [0.05, 0.1) is 5.33 Å². The summed E-state index contributed by atoms with van der Waals surface area (Å²) in [5.41, 5.74) is 0.963. The van der Waals surface area contributed by atoms with Crippen LogP contribution in [0.25, 0.3) is 0 Å². The van der Waals surface area contributed by atoms with E-state index in [4.69, 9.17) is 4.74 Å². The zero-order valence-corrected chi connectivity index (χ0v) is 13.7. The summed E-state index contributed by atoms with van der Waals surface area (Å²) in [7, 11) is 0. The fourth-order valence-electron chi connectivity index (χ4n) is 2.71. The van der Waals surface area contributed by atoms with E-state index in [2.05, 4.69) is 22.9 Å². The van der Waals surface area contributed by atoms with Gasteiger partial charge in [0.2, 0.25) is 0 Å². The Bertz CT molecular complexity index is 492. The first-order valence-corrected chi connectivity index (χ1v) is 8.32. The molecule has 1 aromatic carbocycles. The Kier molecular flexibility index (Phi) is 5.79. The quantitative estimate of drug-likeness (QED) is 0.763. The van der Waals surface area contributed by atoms with Crippen molar-refractivity contribution < 1.29 is 14.3 Å². The van der Waals surface area contributed by atoms with Crippen molar-refractivity contribution >= 4 is 27.8 Å². The molecule has 0 aliphatic carbocycles. The molecule has 1 aromatic rings. The molecule has 1 aliphatic rings. The molecule has 114 valence electrons. The maximum Gasteiger partial charge on any atom is 0.410 e. The van der Waals surface area contributed by atoms with Gasteiger partial charge in [0, 0.05) is 19.0 Å². The smallest absolute Gasteiger partial charge is 0.410 e. The van der Waals surface area contributed by atoms with Gasteiger partial charge >= 0.3 is 6.09 Å². The number of ketones is 1. The molecule has 2 rings (SSSR count). The average molecular weight is 354 g/mol. The molecule has 0 aromatic heterocycles. The first-order chi connectivity index (χ1) is 10.2. The van der Waals surface area contributed by atoms with E-state index in [0.29, 0.717) is 18.4 Å². The molecule has 0 bridgehead atoms. The lowest BCUT2D eigenvalue weighted by atomic mass is 9.91. The summed E-state index contributed by atoms with van der Waals surface area (Å²) in [6, 6.07) is 9.59. The summed E-state index contributed by atoms with van der Waals surface area (Å²) in [5.74, 6) is 0.332. The lowest BCUT2D eigenvalue weighted by Gasteiger charge is -2.16. The third kappa shape index (κ3) is 4.06. The van der Waals surface area contributed by atoms with Crippen molar-refractivity contribution in [1.82, 2.24) is 4.90 Å². The molecule has 21 heavy (non-hydrogen) atoms. The van der Waals surface area contributed by atoms with Crippen LogP contribution >= 0.6 is 15.9 Å². The lowest BCUT2D eigenvalue weighted by molar-refractivity contribution is -0.120. The first-order valence-electron chi connectivity index (χ1n) is 7.20. The van der Waals surface area contributed by atoms with Crippen molar-refractivity contribution in [1.29, 1.82) is 0 Å². The van der Waals surface area contributed by atoms with Gasteiger partial charge in [-0.3, -0.25) is 4.79 Å². The molecule has 0 saturated carbocycles. The number of carbonyl (C=O) groups excluding carboxylic acids is 2. The highest BCUT2D eigenvalue weighted by molar-refractivity contribution is 9.09. The molecular weight excluding hydrogens is 334 g/mol.